The number of hydrogen-bond donors (Lipinski definition) is 2. The van der Waals surface area contributed by atoms with Crippen molar-refractivity contribution in [2.75, 3.05) is 32.8 Å². The molecule has 1 unspecified atom stereocenters. The van der Waals surface area contributed by atoms with Crippen LogP contribution in [0.5, 0.6) is 0 Å². The fraction of sp³-hybridized carbons (Fsp3) is 0.917. The highest BCUT2D eigenvalue weighted by atomic mass is 19.4. The zero-order valence-electron chi connectivity index (χ0n) is 11.3. The van der Waals surface area contributed by atoms with E-state index in [1.165, 1.54) is 0 Å². The summed E-state index contributed by atoms with van der Waals surface area (Å²) in [5.41, 5.74) is -2.29. The minimum Gasteiger partial charge on any atom is -0.379 e. The van der Waals surface area contributed by atoms with Gasteiger partial charge in [0.05, 0.1) is 6.61 Å². The van der Waals surface area contributed by atoms with Gasteiger partial charge >= 0.3 is 6.18 Å². The molecule has 7 heteroatoms. The van der Waals surface area contributed by atoms with E-state index in [-0.39, 0.29) is 32.7 Å². The molecule has 0 aromatic heterocycles. The summed E-state index contributed by atoms with van der Waals surface area (Å²) in [5, 5.41) is 4.93. The second-order valence-electron chi connectivity index (χ2n) is 5.23. The molecule has 1 atom stereocenters. The summed E-state index contributed by atoms with van der Waals surface area (Å²) < 4.78 is 44.3. The van der Waals surface area contributed by atoms with Crippen molar-refractivity contribution in [2.24, 2.45) is 11.3 Å². The molecule has 1 aliphatic rings. The Morgan fingerprint density at radius 1 is 1.47 bits per heavy atom. The third-order valence-corrected chi connectivity index (χ3v) is 3.12. The molecular formula is C12H21F3N2O2. The van der Waals surface area contributed by atoms with E-state index in [1.807, 2.05) is 13.8 Å². The molecule has 0 radical (unpaired) electrons. The average Bonchev–Trinajstić information content (AvgIpc) is 2.77. The molecule has 1 fully saturated rings. The van der Waals surface area contributed by atoms with Crippen molar-refractivity contribution in [3.8, 4) is 0 Å². The lowest BCUT2D eigenvalue weighted by molar-refractivity contribution is -0.216. The minimum absolute atomic E-state index is 0.101. The van der Waals surface area contributed by atoms with E-state index < -0.39 is 17.5 Å². The second kappa shape index (κ2) is 6.56. The molecule has 0 aliphatic carbocycles. The average molecular weight is 282 g/mol. The normalized spacial score (nSPS) is 23.9. The zero-order chi connectivity index (χ0) is 14.5. The first-order valence-corrected chi connectivity index (χ1v) is 6.43. The van der Waals surface area contributed by atoms with Crippen LogP contribution in [-0.2, 0) is 9.53 Å². The van der Waals surface area contributed by atoms with Crippen LogP contribution in [0.1, 0.15) is 20.3 Å². The van der Waals surface area contributed by atoms with Crippen LogP contribution in [0.2, 0.25) is 0 Å². The Bertz CT molecular complexity index is 300. The lowest BCUT2D eigenvalue weighted by Gasteiger charge is -2.29. The number of amides is 1. The standard InChI is InChI=1S/C12H21F3N2O2/c1-9(2)7-19-6-5-17-10(18)11(12(13,14)15)3-4-16-8-11/h9,16H,3-8H2,1-2H3,(H,17,18). The van der Waals surface area contributed by atoms with E-state index in [1.54, 1.807) is 0 Å². The van der Waals surface area contributed by atoms with Gasteiger partial charge in [-0.2, -0.15) is 13.2 Å². The summed E-state index contributed by atoms with van der Waals surface area (Å²) in [6, 6.07) is 0. The number of hydrogen-bond acceptors (Lipinski definition) is 3. The molecule has 1 amide bonds. The summed E-state index contributed by atoms with van der Waals surface area (Å²) in [4.78, 5) is 11.8. The topological polar surface area (TPSA) is 50.4 Å². The fourth-order valence-electron chi connectivity index (χ4n) is 1.98. The molecule has 0 spiro atoms. The first-order chi connectivity index (χ1) is 8.79. The minimum atomic E-state index is -4.53. The van der Waals surface area contributed by atoms with E-state index in [0.29, 0.717) is 12.5 Å². The quantitative estimate of drug-likeness (QED) is 0.722. The SMILES string of the molecule is CC(C)COCCNC(=O)C1(C(F)(F)F)CCNC1. The molecular weight excluding hydrogens is 261 g/mol. The number of alkyl halides is 3. The largest absolute Gasteiger partial charge is 0.404 e. The Labute approximate surface area is 111 Å². The van der Waals surface area contributed by atoms with Gasteiger partial charge in [-0.05, 0) is 18.9 Å². The van der Waals surface area contributed by atoms with Crippen molar-refractivity contribution >= 4 is 5.91 Å². The van der Waals surface area contributed by atoms with Crippen LogP contribution in [0, 0.1) is 11.3 Å². The maximum absolute atomic E-state index is 13.0. The van der Waals surface area contributed by atoms with E-state index in [2.05, 4.69) is 10.6 Å². The molecule has 4 nitrogen and oxygen atoms in total. The molecule has 1 saturated heterocycles. The van der Waals surface area contributed by atoms with Crippen molar-refractivity contribution in [1.82, 2.24) is 10.6 Å². The van der Waals surface area contributed by atoms with Crippen LogP contribution in [0.25, 0.3) is 0 Å². The van der Waals surface area contributed by atoms with Gasteiger partial charge in [0.2, 0.25) is 5.91 Å². The molecule has 0 aromatic carbocycles. The Morgan fingerprint density at radius 3 is 2.63 bits per heavy atom. The van der Waals surface area contributed by atoms with E-state index >= 15 is 0 Å². The van der Waals surface area contributed by atoms with Gasteiger partial charge in [0.25, 0.3) is 0 Å². The molecule has 19 heavy (non-hydrogen) atoms. The smallest absolute Gasteiger partial charge is 0.379 e. The number of ether oxygens (including phenoxy) is 1. The molecule has 112 valence electrons. The van der Waals surface area contributed by atoms with Crippen molar-refractivity contribution in [2.45, 2.75) is 26.4 Å². The Morgan fingerprint density at radius 2 is 2.16 bits per heavy atom. The number of carbonyl (C=O) groups excluding carboxylic acids is 1. The summed E-state index contributed by atoms with van der Waals surface area (Å²) in [5.74, 6) is -0.602. The van der Waals surface area contributed by atoms with Crippen molar-refractivity contribution in [3.63, 3.8) is 0 Å². The van der Waals surface area contributed by atoms with Gasteiger partial charge in [0.1, 0.15) is 0 Å². The molecule has 2 N–H and O–H groups in total. The first kappa shape index (κ1) is 16.2. The van der Waals surface area contributed by atoms with Gasteiger partial charge < -0.3 is 15.4 Å². The first-order valence-electron chi connectivity index (χ1n) is 6.43. The lowest BCUT2D eigenvalue weighted by atomic mass is 9.85. The van der Waals surface area contributed by atoms with E-state index in [9.17, 15) is 18.0 Å². The van der Waals surface area contributed by atoms with Crippen LogP contribution >= 0.6 is 0 Å². The second-order valence-corrected chi connectivity index (χ2v) is 5.23. The highest BCUT2D eigenvalue weighted by Crippen LogP contribution is 2.43. The Hall–Kier alpha value is -0.820. The highest BCUT2D eigenvalue weighted by Gasteiger charge is 2.61. The predicted molar refractivity (Wildman–Crippen MR) is 64.6 cm³/mol. The summed E-state index contributed by atoms with van der Waals surface area (Å²) in [6.45, 7) is 4.66. The lowest BCUT2D eigenvalue weighted by Crippen LogP contribution is -2.52. The van der Waals surface area contributed by atoms with E-state index in [4.69, 9.17) is 4.74 Å². The molecule has 0 bridgehead atoms. The van der Waals surface area contributed by atoms with Gasteiger partial charge in [-0.1, -0.05) is 13.8 Å². The Balaban J connectivity index is 2.42. The summed E-state index contributed by atoms with van der Waals surface area (Å²) >= 11 is 0. The maximum Gasteiger partial charge on any atom is 0.404 e. The fourth-order valence-corrected chi connectivity index (χ4v) is 1.98. The number of carbonyl (C=O) groups is 1. The molecule has 0 saturated carbocycles. The van der Waals surface area contributed by atoms with Crippen molar-refractivity contribution in [1.29, 1.82) is 0 Å². The highest BCUT2D eigenvalue weighted by molar-refractivity contribution is 5.84. The molecule has 1 rings (SSSR count). The number of rotatable bonds is 6. The molecule has 1 aliphatic heterocycles. The maximum atomic E-state index is 13.0. The van der Waals surface area contributed by atoms with Crippen LogP contribution in [-0.4, -0.2) is 44.9 Å². The summed E-state index contributed by atoms with van der Waals surface area (Å²) in [7, 11) is 0. The van der Waals surface area contributed by atoms with Gasteiger partial charge in [-0.15, -0.1) is 0 Å². The van der Waals surface area contributed by atoms with Crippen LogP contribution < -0.4 is 10.6 Å². The molecule has 0 aromatic rings. The van der Waals surface area contributed by atoms with Crippen molar-refractivity contribution < 1.29 is 22.7 Å². The third-order valence-electron chi connectivity index (χ3n) is 3.12. The van der Waals surface area contributed by atoms with Gasteiger partial charge in [-0.25, -0.2) is 0 Å². The van der Waals surface area contributed by atoms with Crippen LogP contribution in [0.15, 0.2) is 0 Å². The van der Waals surface area contributed by atoms with Gasteiger partial charge in [0, 0.05) is 19.7 Å². The third kappa shape index (κ3) is 4.07. The Kier molecular flexibility index (Phi) is 5.61. The monoisotopic (exact) mass is 282 g/mol. The predicted octanol–water partition coefficient (Wildman–Crippen LogP) is 1.32. The van der Waals surface area contributed by atoms with Crippen LogP contribution in [0.3, 0.4) is 0 Å². The van der Waals surface area contributed by atoms with Crippen molar-refractivity contribution in [3.05, 3.63) is 0 Å². The zero-order valence-corrected chi connectivity index (χ0v) is 11.3. The summed E-state index contributed by atoms with van der Waals surface area (Å²) in [6.07, 6.45) is -4.74. The van der Waals surface area contributed by atoms with Gasteiger partial charge in [-0.3, -0.25) is 4.79 Å². The number of halogens is 3. The van der Waals surface area contributed by atoms with Gasteiger partial charge in [0.15, 0.2) is 5.41 Å². The number of nitrogens with one attached hydrogen (secondary N) is 2. The molecule has 1 heterocycles. The van der Waals surface area contributed by atoms with Crippen LogP contribution in [0.4, 0.5) is 13.2 Å². The van der Waals surface area contributed by atoms with E-state index in [0.717, 1.165) is 0 Å².